The molecule has 6 nitrogen and oxygen atoms in total. The maximum atomic E-state index is 13.1. The molecule has 30 heavy (non-hydrogen) atoms. The Balaban J connectivity index is 1.69. The Bertz CT molecular complexity index is 1250. The smallest absolute Gasteiger partial charge is 0.280 e. The molecule has 1 N–H and O–H groups in total. The van der Waals surface area contributed by atoms with Gasteiger partial charge in [0.25, 0.3) is 10.0 Å². The van der Waals surface area contributed by atoms with Crippen LogP contribution in [0.4, 0.5) is 5.69 Å². The zero-order valence-corrected chi connectivity index (χ0v) is 17.5. The van der Waals surface area contributed by atoms with Crippen molar-refractivity contribution in [2.24, 2.45) is 5.10 Å². The molecule has 1 aliphatic heterocycles. The molecular weight excluding hydrogens is 398 g/mol. The van der Waals surface area contributed by atoms with Gasteiger partial charge >= 0.3 is 0 Å². The highest BCUT2D eigenvalue weighted by Gasteiger charge is 2.34. The van der Waals surface area contributed by atoms with Crippen LogP contribution in [-0.4, -0.2) is 31.0 Å². The molecule has 0 saturated heterocycles. The molecule has 1 aliphatic rings. The minimum Gasteiger partial charge on any atom is -0.324 e. The van der Waals surface area contributed by atoms with E-state index in [9.17, 15) is 13.2 Å². The number of fused-ring (bicyclic) bond motifs is 1. The first-order valence-corrected chi connectivity index (χ1v) is 10.9. The van der Waals surface area contributed by atoms with Crippen LogP contribution in [0.15, 0.2) is 82.8 Å². The lowest BCUT2D eigenvalue weighted by molar-refractivity contribution is -0.116. The van der Waals surface area contributed by atoms with Crippen molar-refractivity contribution >= 4 is 27.3 Å². The fraction of sp³-hybridized carbons (Fsp3) is 0.130. The quantitative estimate of drug-likeness (QED) is 0.700. The number of rotatable bonds is 4. The SMILES string of the molecule is Cc1ccc(NC(=O)CN2N=C(c3ccccc3)c3ccccc3S2(=O)=O)c(C)c1. The minimum absolute atomic E-state index is 0.137. The Morgan fingerprint density at radius 3 is 2.40 bits per heavy atom. The number of aryl methyl sites for hydroxylation is 2. The van der Waals surface area contributed by atoms with Crippen LogP contribution in [0.3, 0.4) is 0 Å². The summed E-state index contributed by atoms with van der Waals surface area (Å²) in [5.41, 5.74) is 4.45. The maximum Gasteiger partial charge on any atom is 0.280 e. The van der Waals surface area contributed by atoms with Crippen LogP contribution < -0.4 is 5.32 Å². The van der Waals surface area contributed by atoms with Gasteiger partial charge in [0.2, 0.25) is 5.91 Å². The molecule has 0 unspecified atom stereocenters. The zero-order chi connectivity index (χ0) is 21.3. The van der Waals surface area contributed by atoms with E-state index in [2.05, 4.69) is 10.4 Å². The van der Waals surface area contributed by atoms with Crippen molar-refractivity contribution in [1.29, 1.82) is 0 Å². The number of amides is 1. The van der Waals surface area contributed by atoms with Crippen LogP contribution in [0, 0.1) is 13.8 Å². The lowest BCUT2D eigenvalue weighted by atomic mass is 10.0. The first-order chi connectivity index (χ1) is 14.4. The Morgan fingerprint density at radius 2 is 1.67 bits per heavy atom. The van der Waals surface area contributed by atoms with Gasteiger partial charge in [0.1, 0.15) is 12.3 Å². The second-order valence-electron chi connectivity index (χ2n) is 7.16. The average molecular weight is 420 g/mol. The number of hydrogen-bond acceptors (Lipinski definition) is 4. The summed E-state index contributed by atoms with van der Waals surface area (Å²) in [5, 5.41) is 7.15. The molecule has 7 heteroatoms. The molecule has 152 valence electrons. The first kappa shape index (κ1) is 19.8. The van der Waals surface area contributed by atoms with Crippen LogP contribution in [0.5, 0.6) is 0 Å². The number of sulfonamides is 1. The number of nitrogens with one attached hydrogen (secondary N) is 1. The van der Waals surface area contributed by atoms with Gasteiger partial charge in [-0.25, -0.2) is 0 Å². The first-order valence-electron chi connectivity index (χ1n) is 9.49. The predicted molar refractivity (Wildman–Crippen MR) is 117 cm³/mol. The number of anilines is 1. The summed E-state index contributed by atoms with van der Waals surface area (Å²) in [4.78, 5) is 12.8. The van der Waals surface area contributed by atoms with E-state index in [4.69, 9.17) is 0 Å². The molecule has 0 saturated carbocycles. The molecule has 4 rings (SSSR count). The largest absolute Gasteiger partial charge is 0.324 e. The standard InChI is InChI=1S/C23H21N3O3S/c1-16-12-13-20(17(2)14-16)24-22(27)15-26-25-23(18-8-4-3-5-9-18)19-10-6-7-11-21(19)30(26,28)29/h3-14H,15H2,1-2H3,(H,24,27). The van der Waals surface area contributed by atoms with Crippen LogP contribution in [-0.2, 0) is 14.8 Å². The van der Waals surface area contributed by atoms with E-state index >= 15 is 0 Å². The molecule has 0 radical (unpaired) electrons. The number of hydrazone groups is 1. The van der Waals surface area contributed by atoms with Crippen molar-refractivity contribution in [3.63, 3.8) is 0 Å². The number of benzene rings is 3. The fourth-order valence-electron chi connectivity index (χ4n) is 3.42. The summed E-state index contributed by atoms with van der Waals surface area (Å²) in [5.74, 6) is -0.457. The molecule has 0 aliphatic carbocycles. The Hall–Kier alpha value is -3.45. The molecule has 3 aromatic carbocycles. The van der Waals surface area contributed by atoms with E-state index in [-0.39, 0.29) is 4.90 Å². The third kappa shape index (κ3) is 3.71. The highest BCUT2D eigenvalue weighted by Crippen LogP contribution is 2.29. The van der Waals surface area contributed by atoms with Gasteiger partial charge in [0, 0.05) is 16.8 Å². The molecule has 0 atom stereocenters. The van der Waals surface area contributed by atoms with Gasteiger partial charge in [-0.2, -0.15) is 17.9 Å². The summed E-state index contributed by atoms with van der Waals surface area (Å²) in [7, 11) is -3.94. The predicted octanol–water partition coefficient (Wildman–Crippen LogP) is 3.70. The van der Waals surface area contributed by atoms with E-state index < -0.39 is 22.5 Å². The maximum absolute atomic E-state index is 13.1. The summed E-state index contributed by atoms with van der Waals surface area (Å²) in [6.07, 6.45) is 0. The summed E-state index contributed by atoms with van der Waals surface area (Å²) in [6.45, 7) is 3.44. The van der Waals surface area contributed by atoms with E-state index in [0.29, 0.717) is 17.0 Å². The minimum atomic E-state index is -3.94. The van der Waals surface area contributed by atoms with Crippen molar-refractivity contribution in [2.45, 2.75) is 18.7 Å². The monoisotopic (exact) mass is 419 g/mol. The van der Waals surface area contributed by atoms with Crippen molar-refractivity contribution in [3.05, 3.63) is 95.1 Å². The second kappa shape index (κ2) is 7.76. The zero-order valence-electron chi connectivity index (χ0n) is 16.7. The molecule has 1 amide bonds. The van der Waals surface area contributed by atoms with Gasteiger partial charge in [-0.15, -0.1) is 0 Å². The Labute approximate surface area is 175 Å². The fourth-order valence-corrected chi connectivity index (χ4v) is 4.81. The average Bonchev–Trinajstić information content (AvgIpc) is 2.73. The summed E-state index contributed by atoms with van der Waals surface area (Å²) in [6, 6.07) is 21.7. The van der Waals surface area contributed by atoms with E-state index in [1.807, 2.05) is 56.3 Å². The Kier molecular flexibility index (Phi) is 5.13. The number of carbonyl (C=O) groups is 1. The van der Waals surface area contributed by atoms with E-state index in [0.717, 1.165) is 21.1 Å². The summed E-state index contributed by atoms with van der Waals surface area (Å²) < 4.78 is 27.1. The normalized spacial score (nSPS) is 14.6. The highest BCUT2D eigenvalue weighted by molar-refractivity contribution is 7.89. The van der Waals surface area contributed by atoms with Crippen molar-refractivity contribution in [1.82, 2.24) is 4.41 Å². The van der Waals surface area contributed by atoms with Crippen LogP contribution in [0.1, 0.15) is 22.3 Å². The number of nitrogens with zero attached hydrogens (tertiary/aromatic N) is 2. The van der Waals surface area contributed by atoms with Crippen molar-refractivity contribution in [3.8, 4) is 0 Å². The van der Waals surface area contributed by atoms with Crippen LogP contribution >= 0.6 is 0 Å². The molecule has 0 aromatic heterocycles. The van der Waals surface area contributed by atoms with E-state index in [1.54, 1.807) is 24.3 Å². The highest BCUT2D eigenvalue weighted by atomic mass is 32.2. The summed E-state index contributed by atoms with van der Waals surface area (Å²) >= 11 is 0. The van der Waals surface area contributed by atoms with Crippen molar-refractivity contribution < 1.29 is 13.2 Å². The van der Waals surface area contributed by atoms with Crippen LogP contribution in [0.25, 0.3) is 0 Å². The molecule has 1 heterocycles. The van der Waals surface area contributed by atoms with Gasteiger partial charge in [0.05, 0.1) is 4.90 Å². The Morgan fingerprint density at radius 1 is 0.967 bits per heavy atom. The van der Waals surface area contributed by atoms with Gasteiger partial charge in [-0.3, -0.25) is 4.79 Å². The molecular formula is C23H21N3O3S. The molecule has 0 fully saturated rings. The molecule has 0 bridgehead atoms. The number of carbonyl (C=O) groups excluding carboxylic acids is 1. The van der Waals surface area contributed by atoms with Gasteiger partial charge in [-0.1, -0.05) is 66.2 Å². The second-order valence-corrected chi connectivity index (χ2v) is 8.97. The lowest BCUT2D eigenvalue weighted by Crippen LogP contribution is -2.38. The topological polar surface area (TPSA) is 78.8 Å². The molecule has 0 spiro atoms. The number of hydrogen-bond donors (Lipinski definition) is 1. The van der Waals surface area contributed by atoms with Crippen molar-refractivity contribution in [2.75, 3.05) is 11.9 Å². The van der Waals surface area contributed by atoms with Gasteiger partial charge in [-0.05, 0) is 31.5 Å². The molecule has 3 aromatic rings. The van der Waals surface area contributed by atoms with Gasteiger partial charge in [0.15, 0.2) is 0 Å². The third-order valence-electron chi connectivity index (χ3n) is 4.89. The third-order valence-corrected chi connectivity index (χ3v) is 6.57. The lowest BCUT2D eigenvalue weighted by Gasteiger charge is -2.26. The van der Waals surface area contributed by atoms with Gasteiger partial charge < -0.3 is 5.32 Å². The van der Waals surface area contributed by atoms with Crippen LogP contribution in [0.2, 0.25) is 0 Å². The van der Waals surface area contributed by atoms with E-state index in [1.165, 1.54) is 6.07 Å².